The van der Waals surface area contributed by atoms with E-state index in [-0.39, 0.29) is 17.4 Å². The first-order valence-electron chi connectivity index (χ1n) is 9.16. The third kappa shape index (κ3) is 5.38. The average molecular weight is 424 g/mol. The minimum Gasteiger partial charge on any atom is -0.506 e. The number of benzene rings is 1. The van der Waals surface area contributed by atoms with Crippen LogP contribution in [0.5, 0.6) is 5.75 Å². The van der Waals surface area contributed by atoms with Crippen LogP contribution in [-0.2, 0) is 19.5 Å². The highest BCUT2D eigenvalue weighted by Crippen LogP contribution is 2.37. The SMILES string of the molecule is CO[Si](CCC1CCCC(Nc2cc(C(F)(F)F)ccc2O)C1O)(OC)OC. The standard InChI is InChI=1S/C18H28F3NO5Si/c1-25-28(26-2,27-3)10-9-12-5-4-6-14(17(12)24)22-15-11-13(18(19,20)21)7-8-16(15)23/h7-8,11-12,14,17,22-24H,4-6,9-10H2,1-3H3. The molecule has 0 spiro atoms. The summed E-state index contributed by atoms with van der Waals surface area (Å²) < 4.78 is 55.0. The first-order chi connectivity index (χ1) is 13.2. The number of nitrogens with one attached hydrogen (secondary N) is 1. The maximum absolute atomic E-state index is 12.9. The van der Waals surface area contributed by atoms with E-state index in [4.69, 9.17) is 13.3 Å². The van der Waals surface area contributed by atoms with Gasteiger partial charge in [-0.1, -0.05) is 6.42 Å². The topological polar surface area (TPSA) is 80.2 Å². The number of phenols is 1. The minimum atomic E-state index is -4.51. The van der Waals surface area contributed by atoms with Gasteiger partial charge in [0.15, 0.2) is 0 Å². The summed E-state index contributed by atoms with van der Waals surface area (Å²) in [5.41, 5.74) is -0.889. The van der Waals surface area contributed by atoms with Crippen molar-refractivity contribution in [1.82, 2.24) is 0 Å². The molecule has 0 aromatic heterocycles. The van der Waals surface area contributed by atoms with E-state index in [1.807, 2.05) is 0 Å². The lowest BCUT2D eigenvalue weighted by molar-refractivity contribution is -0.137. The average Bonchev–Trinajstić information content (AvgIpc) is 2.66. The molecule has 1 saturated carbocycles. The second kappa shape index (κ2) is 9.44. The van der Waals surface area contributed by atoms with Gasteiger partial charge in [-0.25, -0.2) is 0 Å². The van der Waals surface area contributed by atoms with E-state index in [1.165, 1.54) is 21.3 Å². The smallest absolute Gasteiger partial charge is 0.500 e. The zero-order valence-electron chi connectivity index (χ0n) is 16.3. The Morgan fingerprint density at radius 3 is 2.36 bits per heavy atom. The first kappa shape index (κ1) is 23.0. The summed E-state index contributed by atoms with van der Waals surface area (Å²) in [4.78, 5) is 0. The van der Waals surface area contributed by atoms with E-state index < -0.39 is 32.7 Å². The summed E-state index contributed by atoms with van der Waals surface area (Å²) in [6, 6.07) is 2.76. The van der Waals surface area contributed by atoms with Crippen LogP contribution in [0.1, 0.15) is 31.2 Å². The number of aromatic hydroxyl groups is 1. The number of phenolic OH excluding ortho intramolecular Hbond substituents is 1. The normalized spacial score (nSPS) is 23.6. The molecule has 0 heterocycles. The van der Waals surface area contributed by atoms with Crippen molar-refractivity contribution in [2.75, 3.05) is 26.6 Å². The molecular weight excluding hydrogens is 395 g/mol. The van der Waals surface area contributed by atoms with Crippen LogP contribution < -0.4 is 5.32 Å². The molecule has 10 heteroatoms. The van der Waals surface area contributed by atoms with Gasteiger partial charge in [0.25, 0.3) is 0 Å². The number of anilines is 1. The monoisotopic (exact) mass is 423 g/mol. The maximum atomic E-state index is 12.9. The largest absolute Gasteiger partial charge is 0.506 e. The van der Waals surface area contributed by atoms with Crippen LogP contribution in [0.25, 0.3) is 0 Å². The van der Waals surface area contributed by atoms with E-state index in [1.54, 1.807) is 0 Å². The number of alkyl halides is 3. The molecule has 1 aromatic rings. The van der Waals surface area contributed by atoms with Crippen molar-refractivity contribution < 1.29 is 36.7 Å². The Kier molecular flexibility index (Phi) is 7.74. The third-order valence-electron chi connectivity index (χ3n) is 5.40. The van der Waals surface area contributed by atoms with Gasteiger partial charge in [-0.15, -0.1) is 0 Å². The van der Waals surface area contributed by atoms with Gasteiger partial charge in [-0.05, 0) is 43.4 Å². The van der Waals surface area contributed by atoms with Gasteiger partial charge in [0, 0.05) is 27.4 Å². The molecule has 1 fully saturated rings. The summed E-state index contributed by atoms with van der Waals surface area (Å²) in [5, 5.41) is 23.6. The fourth-order valence-corrected chi connectivity index (χ4v) is 5.53. The second-order valence-corrected chi connectivity index (χ2v) is 10.1. The molecule has 1 aliphatic carbocycles. The zero-order chi connectivity index (χ0) is 20.9. The van der Waals surface area contributed by atoms with Crippen molar-refractivity contribution in [3.63, 3.8) is 0 Å². The predicted molar refractivity (Wildman–Crippen MR) is 100 cm³/mol. The first-order valence-corrected chi connectivity index (χ1v) is 11.1. The highest BCUT2D eigenvalue weighted by Gasteiger charge is 2.41. The minimum absolute atomic E-state index is 0.0334. The van der Waals surface area contributed by atoms with Crippen molar-refractivity contribution in [3.8, 4) is 5.75 Å². The van der Waals surface area contributed by atoms with Gasteiger partial charge in [0.1, 0.15) is 5.75 Å². The van der Waals surface area contributed by atoms with Crippen molar-refractivity contribution in [2.24, 2.45) is 5.92 Å². The number of hydrogen-bond acceptors (Lipinski definition) is 6. The molecule has 2 rings (SSSR count). The molecule has 0 saturated heterocycles. The molecule has 3 unspecified atom stereocenters. The van der Waals surface area contributed by atoms with E-state index in [0.29, 0.717) is 18.9 Å². The molecular formula is C18H28F3NO5Si. The quantitative estimate of drug-likeness (QED) is 0.438. The lowest BCUT2D eigenvalue weighted by atomic mass is 9.81. The fraction of sp³-hybridized carbons (Fsp3) is 0.667. The van der Waals surface area contributed by atoms with Gasteiger partial charge in [-0.3, -0.25) is 0 Å². The molecule has 0 radical (unpaired) electrons. The summed E-state index contributed by atoms with van der Waals surface area (Å²) in [7, 11) is 1.81. The van der Waals surface area contributed by atoms with Crippen molar-refractivity contribution in [2.45, 2.75) is 50.0 Å². The van der Waals surface area contributed by atoms with Gasteiger partial charge in [0.05, 0.1) is 23.4 Å². The lowest BCUT2D eigenvalue weighted by Crippen LogP contribution is -2.46. The number of halogens is 3. The lowest BCUT2D eigenvalue weighted by Gasteiger charge is -2.37. The van der Waals surface area contributed by atoms with E-state index in [9.17, 15) is 23.4 Å². The van der Waals surface area contributed by atoms with Crippen molar-refractivity contribution in [3.05, 3.63) is 23.8 Å². The highest BCUT2D eigenvalue weighted by molar-refractivity contribution is 6.60. The Hall–Kier alpha value is -1.33. The third-order valence-corrected chi connectivity index (χ3v) is 8.17. The number of aliphatic hydroxyl groups is 1. The Labute approximate surface area is 164 Å². The zero-order valence-corrected chi connectivity index (χ0v) is 17.3. The fourth-order valence-electron chi connectivity index (χ4n) is 3.69. The molecule has 28 heavy (non-hydrogen) atoms. The molecule has 3 N–H and O–H groups in total. The van der Waals surface area contributed by atoms with Crippen LogP contribution in [-0.4, -0.2) is 52.5 Å². The highest BCUT2D eigenvalue weighted by atomic mass is 28.4. The molecule has 0 aliphatic heterocycles. The Morgan fingerprint density at radius 1 is 1.14 bits per heavy atom. The maximum Gasteiger partial charge on any atom is 0.500 e. The van der Waals surface area contributed by atoms with E-state index in [0.717, 1.165) is 31.0 Å². The van der Waals surface area contributed by atoms with Crippen LogP contribution in [0.4, 0.5) is 18.9 Å². The van der Waals surface area contributed by atoms with Crippen LogP contribution >= 0.6 is 0 Å². The van der Waals surface area contributed by atoms with Gasteiger partial charge in [0.2, 0.25) is 0 Å². The molecule has 3 atom stereocenters. The van der Waals surface area contributed by atoms with Crippen molar-refractivity contribution >= 4 is 14.5 Å². The van der Waals surface area contributed by atoms with Gasteiger partial charge >= 0.3 is 15.0 Å². The molecule has 0 bridgehead atoms. The Bertz CT molecular complexity index is 634. The van der Waals surface area contributed by atoms with Crippen LogP contribution in [0, 0.1) is 5.92 Å². The van der Waals surface area contributed by atoms with Gasteiger partial charge < -0.3 is 28.8 Å². The summed E-state index contributed by atoms with van der Waals surface area (Å²) in [6.07, 6.45) is -2.49. The van der Waals surface area contributed by atoms with Crippen molar-refractivity contribution in [1.29, 1.82) is 0 Å². The number of rotatable bonds is 8. The molecule has 1 aliphatic rings. The van der Waals surface area contributed by atoms with E-state index in [2.05, 4.69) is 5.32 Å². The molecule has 6 nitrogen and oxygen atoms in total. The predicted octanol–water partition coefficient (Wildman–Crippen LogP) is 3.62. The summed E-state index contributed by atoms with van der Waals surface area (Å²) in [5.74, 6) is -0.363. The molecule has 160 valence electrons. The summed E-state index contributed by atoms with van der Waals surface area (Å²) in [6.45, 7) is 0. The molecule has 1 aromatic carbocycles. The van der Waals surface area contributed by atoms with Crippen LogP contribution in [0.15, 0.2) is 18.2 Å². The summed E-state index contributed by atoms with van der Waals surface area (Å²) >= 11 is 0. The number of aliphatic hydroxyl groups excluding tert-OH is 1. The Balaban J connectivity index is 2.07. The van der Waals surface area contributed by atoms with Crippen LogP contribution in [0.2, 0.25) is 6.04 Å². The molecule has 0 amide bonds. The van der Waals surface area contributed by atoms with Crippen LogP contribution in [0.3, 0.4) is 0 Å². The Morgan fingerprint density at radius 2 is 1.79 bits per heavy atom. The van der Waals surface area contributed by atoms with E-state index >= 15 is 0 Å². The number of hydrogen-bond donors (Lipinski definition) is 3. The second-order valence-electron chi connectivity index (χ2n) is 7.00. The van der Waals surface area contributed by atoms with Gasteiger partial charge in [-0.2, -0.15) is 13.2 Å².